The standard InChI is InChI=1S/C5H8N2O/c1-4-3-6-5(8)7(4)2/h3H,1-2H3,(H,6,8). The summed E-state index contributed by atoms with van der Waals surface area (Å²) >= 11 is 0. The van der Waals surface area contributed by atoms with Gasteiger partial charge in [-0.25, -0.2) is 4.79 Å². The largest absolute Gasteiger partial charge is 0.325 e. The van der Waals surface area contributed by atoms with E-state index in [0.717, 1.165) is 5.69 Å². The zero-order valence-electron chi connectivity index (χ0n) is 4.93. The van der Waals surface area contributed by atoms with Gasteiger partial charge in [0.05, 0.1) is 0 Å². The SMILES string of the molecule is Cc1c[nH]c(=O)n1C. The Morgan fingerprint density at radius 3 is 2.50 bits per heavy atom. The van der Waals surface area contributed by atoms with Crippen LogP contribution < -0.4 is 5.69 Å². The van der Waals surface area contributed by atoms with Crippen LogP contribution in [0.1, 0.15) is 5.69 Å². The quantitative estimate of drug-likeness (QED) is 0.505. The zero-order valence-corrected chi connectivity index (χ0v) is 4.93. The molecule has 0 aliphatic rings. The molecule has 3 heteroatoms. The highest BCUT2D eigenvalue weighted by Crippen LogP contribution is 1.83. The molecule has 0 fully saturated rings. The van der Waals surface area contributed by atoms with Gasteiger partial charge in [-0.2, -0.15) is 0 Å². The van der Waals surface area contributed by atoms with Crippen LogP contribution in [-0.2, 0) is 7.05 Å². The third-order valence-electron chi connectivity index (χ3n) is 1.24. The first-order valence-electron chi connectivity index (χ1n) is 2.43. The summed E-state index contributed by atoms with van der Waals surface area (Å²) in [6, 6.07) is 0. The molecule has 0 aliphatic carbocycles. The summed E-state index contributed by atoms with van der Waals surface area (Å²) in [6.45, 7) is 1.87. The summed E-state index contributed by atoms with van der Waals surface area (Å²) in [5.41, 5.74) is 0.900. The molecule has 0 saturated heterocycles. The van der Waals surface area contributed by atoms with Crippen molar-refractivity contribution in [1.82, 2.24) is 9.55 Å². The fraction of sp³-hybridized carbons (Fsp3) is 0.400. The Kier molecular flexibility index (Phi) is 0.970. The van der Waals surface area contributed by atoms with Crippen molar-refractivity contribution in [2.45, 2.75) is 6.92 Å². The molecule has 0 radical (unpaired) electrons. The van der Waals surface area contributed by atoms with Crippen LogP contribution in [0, 0.1) is 6.92 Å². The fourth-order valence-electron chi connectivity index (χ4n) is 0.520. The monoisotopic (exact) mass is 112 g/mol. The van der Waals surface area contributed by atoms with Crippen molar-refractivity contribution in [2.24, 2.45) is 7.05 Å². The minimum Gasteiger partial charge on any atom is -0.312 e. The lowest BCUT2D eigenvalue weighted by molar-refractivity contribution is 0.830. The Balaban J connectivity index is 3.41. The van der Waals surface area contributed by atoms with E-state index in [4.69, 9.17) is 0 Å². The predicted octanol–water partition coefficient (Wildman–Crippen LogP) is 0.0218. The van der Waals surface area contributed by atoms with E-state index in [1.165, 1.54) is 0 Å². The first kappa shape index (κ1) is 5.15. The van der Waals surface area contributed by atoms with Gasteiger partial charge in [-0.15, -0.1) is 0 Å². The van der Waals surface area contributed by atoms with Crippen LogP contribution in [0.2, 0.25) is 0 Å². The molecule has 0 aliphatic heterocycles. The highest BCUT2D eigenvalue weighted by atomic mass is 16.1. The van der Waals surface area contributed by atoms with E-state index in [2.05, 4.69) is 4.98 Å². The van der Waals surface area contributed by atoms with E-state index in [0.29, 0.717) is 0 Å². The van der Waals surface area contributed by atoms with Crippen LogP contribution in [-0.4, -0.2) is 9.55 Å². The maximum atomic E-state index is 10.5. The Labute approximate surface area is 47.0 Å². The summed E-state index contributed by atoms with van der Waals surface area (Å²) < 4.78 is 1.56. The molecule has 0 saturated carbocycles. The van der Waals surface area contributed by atoms with Gasteiger partial charge in [0, 0.05) is 18.9 Å². The van der Waals surface area contributed by atoms with Gasteiger partial charge in [-0.05, 0) is 6.92 Å². The number of hydrogen-bond acceptors (Lipinski definition) is 1. The lowest BCUT2D eigenvalue weighted by atomic mass is 10.5. The number of rotatable bonds is 0. The van der Waals surface area contributed by atoms with Crippen molar-refractivity contribution in [3.63, 3.8) is 0 Å². The maximum Gasteiger partial charge on any atom is 0.325 e. The number of H-pyrrole nitrogens is 1. The number of imidazole rings is 1. The maximum absolute atomic E-state index is 10.5. The minimum absolute atomic E-state index is 0.0532. The fourth-order valence-corrected chi connectivity index (χ4v) is 0.520. The summed E-state index contributed by atoms with van der Waals surface area (Å²) in [5, 5.41) is 0. The average Bonchev–Trinajstić information content (AvgIpc) is 1.98. The van der Waals surface area contributed by atoms with E-state index in [-0.39, 0.29) is 5.69 Å². The van der Waals surface area contributed by atoms with Crippen LogP contribution in [0.3, 0.4) is 0 Å². The molecule has 8 heavy (non-hydrogen) atoms. The molecular formula is C5H8N2O. The van der Waals surface area contributed by atoms with Crippen LogP contribution in [0.15, 0.2) is 11.0 Å². The highest BCUT2D eigenvalue weighted by molar-refractivity contribution is 4.92. The third-order valence-corrected chi connectivity index (χ3v) is 1.24. The number of aromatic nitrogens is 2. The van der Waals surface area contributed by atoms with Crippen molar-refractivity contribution in [1.29, 1.82) is 0 Å². The van der Waals surface area contributed by atoms with Crippen LogP contribution in [0.25, 0.3) is 0 Å². The van der Waals surface area contributed by atoms with Crippen molar-refractivity contribution in [3.05, 3.63) is 22.4 Å². The van der Waals surface area contributed by atoms with E-state index < -0.39 is 0 Å². The summed E-state index contributed by atoms with van der Waals surface area (Å²) in [4.78, 5) is 13.1. The smallest absolute Gasteiger partial charge is 0.312 e. The predicted molar refractivity (Wildman–Crippen MR) is 30.8 cm³/mol. The van der Waals surface area contributed by atoms with E-state index in [1.807, 2.05) is 6.92 Å². The molecule has 0 unspecified atom stereocenters. The van der Waals surface area contributed by atoms with Crippen molar-refractivity contribution in [3.8, 4) is 0 Å². The normalized spacial score (nSPS) is 9.75. The van der Waals surface area contributed by atoms with Gasteiger partial charge >= 0.3 is 5.69 Å². The Morgan fingerprint density at radius 2 is 2.38 bits per heavy atom. The second kappa shape index (κ2) is 1.51. The Bertz CT molecular complexity index is 233. The second-order valence-corrected chi connectivity index (χ2v) is 1.79. The highest BCUT2D eigenvalue weighted by Gasteiger charge is 1.91. The van der Waals surface area contributed by atoms with E-state index in [9.17, 15) is 4.79 Å². The molecule has 0 aromatic carbocycles. The van der Waals surface area contributed by atoms with Gasteiger partial charge in [0.25, 0.3) is 0 Å². The summed E-state index contributed by atoms with van der Waals surface area (Å²) in [5.74, 6) is 0. The van der Waals surface area contributed by atoms with E-state index in [1.54, 1.807) is 17.8 Å². The molecule has 44 valence electrons. The molecule has 0 bridgehead atoms. The third kappa shape index (κ3) is 0.559. The van der Waals surface area contributed by atoms with Crippen LogP contribution in [0.5, 0.6) is 0 Å². The molecule has 0 spiro atoms. The second-order valence-electron chi connectivity index (χ2n) is 1.79. The first-order valence-corrected chi connectivity index (χ1v) is 2.43. The van der Waals surface area contributed by atoms with Crippen LogP contribution in [0.4, 0.5) is 0 Å². The first-order chi connectivity index (χ1) is 3.72. The van der Waals surface area contributed by atoms with Crippen LogP contribution >= 0.6 is 0 Å². The molecule has 1 rings (SSSR count). The number of nitrogens with one attached hydrogen (secondary N) is 1. The van der Waals surface area contributed by atoms with Gasteiger partial charge in [0.1, 0.15) is 0 Å². The Hall–Kier alpha value is -0.990. The number of aromatic amines is 1. The molecular weight excluding hydrogens is 104 g/mol. The lowest BCUT2D eigenvalue weighted by Crippen LogP contribution is -2.12. The van der Waals surface area contributed by atoms with Gasteiger partial charge < -0.3 is 4.98 Å². The average molecular weight is 112 g/mol. The van der Waals surface area contributed by atoms with Crippen molar-refractivity contribution in [2.75, 3.05) is 0 Å². The van der Waals surface area contributed by atoms with Gasteiger partial charge in [-0.1, -0.05) is 0 Å². The number of nitrogens with zero attached hydrogens (tertiary/aromatic N) is 1. The van der Waals surface area contributed by atoms with Crippen molar-refractivity contribution >= 4 is 0 Å². The molecule has 1 aromatic heterocycles. The summed E-state index contributed by atoms with van der Waals surface area (Å²) in [6.07, 6.45) is 1.68. The van der Waals surface area contributed by atoms with Gasteiger partial charge in [0.2, 0.25) is 0 Å². The van der Waals surface area contributed by atoms with E-state index >= 15 is 0 Å². The lowest BCUT2D eigenvalue weighted by Gasteiger charge is -1.86. The zero-order chi connectivity index (χ0) is 6.15. The molecule has 1 N–H and O–H groups in total. The molecule has 1 aromatic rings. The molecule has 3 nitrogen and oxygen atoms in total. The van der Waals surface area contributed by atoms with Gasteiger partial charge in [0.15, 0.2) is 0 Å². The number of hydrogen-bond donors (Lipinski definition) is 1. The summed E-state index contributed by atoms with van der Waals surface area (Å²) in [7, 11) is 1.73. The minimum atomic E-state index is -0.0532. The number of aryl methyl sites for hydroxylation is 1. The molecule has 0 atom stereocenters. The Morgan fingerprint density at radius 1 is 1.75 bits per heavy atom. The van der Waals surface area contributed by atoms with Gasteiger partial charge in [-0.3, -0.25) is 4.57 Å². The molecule has 0 amide bonds. The molecule has 1 heterocycles. The van der Waals surface area contributed by atoms with Crippen molar-refractivity contribution < 1.29 is 0 Å². The topological polar surface area (TPSA) is 37.8 Å².